The number of anilines is 2. The molecule has 2 heterocycles. The maximum absolute atomic E-state index is 4.50. The third kappa shape index (κ3) is 3.08. The monoisotopic (exact) mass is 307 g/mol. The normalized spacial score (nSPS) is 10.8. The number of hydrogen-bond donors (Lipinski definition) is 0. The maximum Gasteiger partial charge on any atom is 0.224 e. The van der Waals surface area contributed by atoms with Gasteiger partial charge < -0.3 is 9.80 Å². The number of hydrogen-bond acceptors (Lipinski definition) is 5. The number of aryl methyl sites for hydroxylation is 1. The maximum atomic E-state index is 4.50. The molecule has 0 atom stereocenters. The lowest BCUT2D eigenvalue weighted by molar-refractivity contribution is 0.895. The Bertz CT molecular complexity index is 811. The first-order valence-electron chi connectivity index (χ1n) is 7.60. The van der Waals surface area contributed by atoms with Gasteiger partial charge in [0.15, 0.2) is 0 Å². The molecule has 0 aliphatic rings. The van der Waals surface area contributed by atoms with Crippen LogP contribution in [0.1, 0.15) is 11.1 Å². The topological polar surface area (TPSA) is 45.2 Å². The lowest BCUT2D eigenvalue weighted by Gasteiger charge is -2.21. The summed E-state index contributed by atoms with van der Waals surface area (Å²) in [4.78, 5) is 17.4. The van der Waals surface area contributed by atoms with Crippen molar-refractivity contribution in [2.45, 2.75) is 13.5 Å². The van der Waals surface area contributed by atoms with E-state index in [1.807, 2.05) is 37.6 Å². The number of aromatic nitrogens is 3. The first kappa shape index (κ1) is 15.2. The predicted molar refractivity (Wildman–Crippen MR) is 94.9 cm³/mol. The Balaban J connectivity index is 1.89. The second-order valence-corrected chi connectivity index (χ2v) is 5.94. The minimum absolute atomic E-state index is 0.724. The second-order valence-electron chi connectivity index (χ2n) is 5.94. The first-order chi connectivity index (χ1) is 11.1. The summed E-state index contributed by atoms with van der Waals surface area (Å²) >= 11 is 0. The van der Waals surface area contributed by atoms with Crippen LogP contribution in [0.5, 0.6) is 0 Å². The van der Waals surface area contributed by atoms with E-state index in [-0.39, 0.29) is 0 Å². The highest BCUT2D eigenvalue weighted by Crippen LogP contribution is 2.27. The zero-order valence-corrected chi connectivity index (χ0v) is 14.0. The largest absolute Gasteiger partial charge is 0.370 e. The highest BCUT2D eigenvalue weighted by Gasteiger charge is 2.09. The van der Waals surface area contributed by atoms with Crippen LogP contribution in [0.2, 0.25) is 0 Å². The van der Waals surface area contributed by atoms with Crippen molar-refractivity contribution in [3.8, 4) is 0 Å². The zero-order valence-electron chi connectivity index (χ0n) is 14.0. The van der Waals surface area contributed by atoms with Gasteiger partial charge in [0.25, 0.3) is 0 Å². The summed E-state index contributed by atoms with van der Waals surface area (Å²) in [5.74, 6) is 0.724. The number of rotatable bonds is 4. The van der Waals surface area contributed by atoms with E-state index >= 15 is 0 Å². The van der Waals surface area contributed by atoms with Crippen molar-refractivity contribution in [2.75, 3.05) is 30.9 Å². The fourth-order valence-electron chi connectivity index (χ4n) is 2.66. The first-order valence-corrected chi connectivity index (χ1v) is 7.60. The molecule has 0 radical (unpaired) electrons. The Hall–Kier alpha value is -2.69. The third-order valence-electron chi connectivity index (χ3n) is 3.87. The minimum Gasteiger partial charge on any atom is -0.370 e. The second kappa shape index (κ2) is 6.20. The average molecular weight is 307 g/mol. The fourth-order valence-corrected chi connectivity index (χ4v) is 2.66. The van der Waals surface area contributed by atoms with Gasteiger partial charge in [0, 0.05) is 62.9 Å². The lowest BCUT2D eigenvalue weighted by Crippen LogP contribution is -2.18. The Morgan fingerprint density at radius 2 is 1.70 bits per heavy atom. The molecule has 0 bridgehead atoms. The van der Waals surface area contributed by atoms with E-state index in [4.69, 9.17) is 0 Å². The molecule has 0 unspecified atom stereocenters. The van der Waals surface area contributed by atoms with Gasteiger partial charge in [-0.15, -0.1) is 0 Å². The van der Waals surface area contributed by atoms with Gasteiger partial charge in [-0.3, -0.25) is 4.98 Å². The fraction of sp³-hybridized carbons (Fsp3) is 0.278. The summed E-state index contributed by atoms with van der Waals surface area (Å²) in [5, 5.41) is 1.17. The van der Waals surface area contributed by atoms with E-state index in [0.29, 0.717) is 0 Å². The number of pyridine rings is 1. The summed E-state index contributed by atoms with van der Waals surface area (Å²) in [6.45, 7) is 2.84. The third-order valence-corrected chi connectivity index (χ3v) is 3.87. The van der Waals surface area contributed by atoms with E-state index in [2.05, 4.69) is 58.1 Å². The van der Waals surface area contributed by atoms with Gasteiger partial charge in [-0.2, -0.15) is 0 Å². The zero-order chi connectivity index (χ0) is 16.4. The van der Waals surface area contributed by atoms with E-state index < -0.39 is 0 Å². The van der Waals surface area contributed by atoms with Crippen molar-refractivity contribution >= 4 is 22.5 Å². The Morgan fingerprint density at radius 1 is 0.957 bits per heavy atom. The predicted octanol–water partition coefficient (Wildman–Crippen LogP) is 3.04. The summed E-state index contributed by atoms with van der Waals surface area (Å²) in [6.07, 6.45) is 5.63. The molecule has 0 saturated carbocycles. The van der Waals surface area contributed by atoms with Crippen LogP contribution in [-0.4, -0.2) is 36.1 Å². The van der Waals surface area contributed by atoms with Gasteiger partial charge in [0.05, 0.1) is 5.52 Å². The Kier molecular flexibility index (Phi) is 4.10. The molecule has 5 heteroatoms. The van der Waals surface area contributed by atoms with E-state index in [1.165, 1.54) is 10.9 Å². The summed E-state index contributed by atoms with van der Waals surface area (Å²) in [7, 11) is 5.95. The smallest absolute Gasteiger partial charge is 0.224 e. The molecule has 5 nitrogen and oxygen atoms in total. The quantitative estimate of drug-likeness (QED) is 0.741. The van der Waals surface area contributed by atoms with Crippen LogP contribution in [0.15, 0.2) is 42.9 Å². The van der Waals surface area contributed by atoms with E-state index in [1.54, 1.807) is 0 Å². The van der Waals surface area contributed by atoms with Gasteiger partial charge in [-0.25, -0.2) is 9.97 Å². The standard InChI is InChI=1S/C18H21N5/c1-13-6-5-7-15-16(8-9-19-17(13)15)23(4)12-14-10-20-18(21-11-14)22(2)3/h5-11H,12H2,1-4H3. The van der Waals surface area contributed by atoms with Gasteiger partial charge in [-0.1, -0.05) is 18.2 Å². The molecular weight excluding hydrogens is 286 g/mol. The van der Waals surface area contributed by atoms with Crippen LogP contribution < -0.4 is 9.80 Å². The molecule has 0 aliphatic heterocycles. The molecule has 2 aromatic heterocycles. The molecule has 0 spiro atoms. The van der Waals surface area contributed by atoms with Crippen LogP contribution in [0.25, 0.3) is 10.9 Å². The van der Waals surface area contributed by atoms with Crippen molar-refractivity contribution in [3.05, 3.63) is 54.0 Å². The van der Waals surface area contributed by atoms with Crippen LogP contribution in [0.4, 0.5) is 11.6 Å². The molecule has 3 rings (SSSR count). The van der Waals surface area contributed by atoms with Gasteiger partial charge >= 0.3 is 0 Å². The summed E-state index contributed by atoms with van der Waals surface area (Å²) in [6, 6.07) is 8.34. The Morgan fingerprint density at radius 3 is 2.39 bits per heavy atom. The molecule has 0 fully saturated rings. The molecule has 23 heavy (non-hydrogen) atoms. The molecule has 3 aromatic rings. The summed E-state index contributed by atoms with van der Waals surface area (Å²) < 4.78 is 0. The molecule has 0 saturated heterocycles. The van der Waals surface area contributed by atoms with Crippen molar-refractivity contribution in [1.29, 1.82) is 0 Å². The van der Waals surface area contributed by atoms with Crippen LogP contribution in [0.3, 0.4) is 0 Å². The van der Waals surface area contributed by atoms with Gasteiger partial charge in [0.2, 0.25) is 5.95 Å². The van der Waals surface area contributed by atoms with Crippen LogP contribution in [0, 0.1) is 6.92 Å². The van der Waals surface area contributed by atoms with Gasteiger partial charge in [-0.05, 0) is 18.6 Å². The summed E-state index contributed by atoms with van der Waals surface area (Å²) in [5.41, 5.74) is 4.48. The molecule has 118 valence electrons. The van der Waals surface area contributed by atoms with Crippen LogP contribution >= 0.6 is 0 Å². The van der Waals surface area contributed by atoms with E-state index in [0.717, 1.165) is 29.3 Å². The van der Waals surface area contributed by atoms with Gasteiger partial charge in [0.1, 0.15) is 0 Å². The van der Waals surface area contributed by atoms with Crippen molar-refractivity contribution < 1.29 is 0 Å². The molecule has 0 amide bonds. The number of fused-ring (bicyclic) bond motifs is 1. The molecular formula is C18H21N5. The van der Waals surface area contributed by atoms with Crippen molar-refractivity contribution in [2.24, 2.45) is 0 Å². The lowest BCUT2D eigenvalue weighted by atomic mass is 10.1. The van der Waals surface area contributed by atoms with Crippen molar-refractivity contribution in [1.82, 2.24) is 15.0 Å². The number of nitrogens with zero attached hydrogens (tertiary/aromatic N) is 5. The number of benzene rings is 1. The minimum atomic E-state index is 0.724. The molecule has 0 N–H and O–H groups in total. The van der Waals surface area contributed by atoms with Crippen molar-refractivity contribution in [3.63, 3.8) is 0 Å². The molecule has 1 aromatic carbocycles. The van der Waals surface area contributed by atoms with Crippen LogP contribution in [-0.2, 0) is 6.54 Å². The highest BCUT2D eigenvalue weighted by atomic mass is 15.2. The van der Waals surface area contributed by atoms with E-state index in [9.17, 15) is 0 Å². The number of para-hydroxylation sites is 1. The highest BCUT2D eigenvalue weighted by molar-refractivity contribution is 5.93. The Labute approximate surface area is 136 Å². The average Bonchev–Trinajstić information content (AvgIpc) is 2.55. The SMILES string of the molecule is Cc1cccc2c(N(C)Cc3cnc(N(C)C)nc3)ccnc12. The molecule has 0 aliphatic carbocycles.